The molecule has 0 aromatic carbocycles. The Hall–Kier alpha value is -1.91. The van der Waals surface area contributed by atoms with Gasteiger partial charge in [-0.15, -0.1) is 11.3 Å². The Morgan fingerprint density at radius 1 is 1.62 bits per heavy atom. The molecule has 2 aromatic rings. The number of hydrogen-bond donors (Lipinski definition) is 1. The van der Waals surface area contributed by atoms with Crippen molar-refractivity contribution in [1.29, 1.82) is 0 Å². The Morgan fingerprint density at radius 3 is 3.00 bits per heavy atom. The van der Waals surface area contributed by atoms with Gasteiger partial charge in [0.25, 0.3) is 0 Å². The first-order valence-electron chi connectivity index (χ1n) is 5.90. The molecule has 2 heterocycles. The van der Waals surface area contributed by atoms with Crippen molar-refractivity contribution in [3.8, 4) is 0 Å². The summed E-state index contributed by atoms with van der Waals surface area (Å²) in [6.45, 7) is 3.21. The van der Waals surface area contributed by atoms with Crippen LogP contribution in [0.5, 0.6) is 0 Å². The zero-order chi connectivity index (χ0) is 15.5. The molecule has 0 bridgehead atoms. The molecule has 114 valence electrons. The monoisotopic (exact) mass is 330 g/mol. The van der Waals surface area contributed by atoms with E-state index in [1.807, 2.05) is 10.6 Å². The minimum Gasteiger partial charge on any atom is -0.444 e. The van der Waals surface area contributed by atoms with Crippen molar-refractivity contribution in [1.82, 2.24) is 13.7 Å². The predicted molar refractivity (Wildman–Crippen MR) is 78.1 cm³/mol. The molecule has 0 saturated carbocycles. The van der Waals surface area contributed by atoms with Crippen molar-refractivity contribution in [3.05, 3.63) is 36.3 Å². The van der Waals surface area contributed by atoms with E-state index < -0.39 is 16.3 Å². The molecule has 0 unspecified atom stereocenters. The van der Waals surface area contributed by atoms with Gasteiger partial charge in [-0.3, -0.25) is 4.40 Å². The summed E-state index contributed by atoms with van der Waals surface area (Å²) >= 11 is 1.46. The zero-order valence-corrected chi connectivity index (χ0v) is 12.6. The first-order valence-corrected chi connectivity index (χ1v) is 8.22. The zero-order valence-electron chi connectivity index (χ0n) is 11.0. The molecule has 0 spiro atoms. The van der Waals surface area contributed by atoms with Gasteiger partial charge in [-0.1, -0.05) is 12.7 Å². The molecule has 0 aliphatic heterocycles. The maximum Gasteiger partial charge on any atom is 0.424 e. The molecule has 1 amide bonds. The third-order valence-electron chi connectivity index (χ3n) is 2.55. The first-order chi connectivity index (χ1) is 9.91. The van der Waals surface area contributed by atoms with Gasteiger partial charge in [0.05, 0.1) is 12.5 Å². The van der Waals surface area contributed by atoms with Crippen LogP contribution in [0, 0.1) is 0 Å². The van der Waals surface area contributed by atoms with Gasteiger partial charge in [0, 0.05) is 24.0 Å². The lowest BCUT2D eigenvalue weighted by Gasteiger charge is -2.18. The van der Waals surface area contributed by atoms with E-state index in [-0.39, 0.29) is 13.2 Å². The number of imidazole rings is 1. The molecule has 10 heteroatoms. The highest BCUT2D eigenvalue weighted by atomic mass is 32.2. The van der Waals surface area contributed by atoms with Crippen LogP contribution in [0.3, 0.4) is 0 Å². The molecular formula is C11H14N4O4S2. The Labute approximate surface area is 125 Å². The lowest BCUT2D eigenvalue weighted by atomic mass is 10.4. The molecule has 8 nitrogen and oxygen atoms in total. The number of ether oxygens (including phenoxy) is 1. The molecule has 2 rings (SSSR count). The van der Waals surface area contributed by atoms with E-state index >= 15 is 0 Å². The summed E-state index contributed by atoms with van der Waals surface area (Å²) in [5.74, 6) is 0. The van der Waals surface area contributed by atoms with Crippen molar-refractivity contribution in [2.24, 2.45) is 5.14 Å². The predicted octanol–water partition coefficient (Wildman–Crippen LogP) is 0.766. The third kappa shape index (κ3) is 3.80. The van der Waals surface area contributed by atoms with Crippen LogP contribution in [-0.2, 0) is 21.4 Å². The van der Waals surface area contributed by atoms with Crippen molar-refractivity contribution in [2.75, 3.05) is 13.2 Å². The molecule has 0 atom stereocenters. The highest BCUT2D eigenvalue weighted by Gasteiger charge is 2.25. The number of nitrogens with two attached hydrogens (primary N) is 1. The van der Waals surface area contributed by atoms with E-state index in [9.17, 15) is 13.2 Å². The number of nitrogens with zero attached hydrogens (tertiary/aromatic N) is 3. The number of rotatable bonds is 6. The average molecular weight is 330 g/mol. The van der Waals surface area contributed by atoms with Crippen LogP contribution in [0.15, 0.2) is 31.4 Å². The summed E-state index contributed by atoms with van der Waals surface area (Å²) in [5, 5.41) is 5.03. The second kappa shape index (κ2) is 6.24. The summed E-state index contributed by atoms with van der Waals surface area (Å²) in [7, 11) is -4.17. The molecule has 0 radical (unpaired) electrons. The average Bonchev–Trinajstić information content (AvgIpc) is 2.95. The van der Waals surface area contributed by atoms with Gasteiger partial charge >= 0.3 is 16.3 Å². The summed E-state index contributed by atoms with van der Waals surface area (Å²) in [5.41, 5.74) is 0. The topological polar surface area (TPSA) is 107 Å². The number of carbonyl (C=O) groups excluding carboxylic acids is 1. The third-order valence-corrected chi connectivity index (χ3v) is 4.59. The number of thiazole rings is 1. The summed E-state index contributed by atoms with van der Waals surface area (Å²) in [6, 6.07) is 0. The van der Waals surface area contributed by atoms with Gasteiger partial charge in [-0.2, -0.15) is 12.7 Å². The maximum atomic E-state index is 11.7. The number of fused-ring (bicyclic) bond motifs is 1. The molecule has 0 aliphatic carbocycles. The summed E-state index contributed by atoms with van der Waals surface area (Å²) < 4.78 is 29.9. The number of amides is 1. The van der Waals surface area contributed by atoms with Crippen molar-refractivity contribution in [2.45, 2.75) is 6.42 Å². The van der Waals surface area contributed by atoms with Gasteiger partial charge in [-0.05, 0) is 0 Å². The van der Waals surface area contributed by atoms with E-state index in [0.717, 1.165) is 9.71 Å². The van der Waals surface area contributed by atoms with Crippen LogP contribution < -0.4 is 5.14 Å². The lowest BCUT2D eigenvalue weighted by Crippen LogP contribution is -2.42. The number of aromatic nitrogens is 2. The second-order valence-corrected chi connectivity index (χ2v) is 6.69. The number of carbonyl (C=O) groups is 1. The minimum atomic E-state index is -4.17. The van der Waals surface area contributed by atoms with E-state index in [1.54, 1.807) is 12.5 Å². The molecular weight excluding hydrogens is 316 g/mol. The fourth-order valence-electron chi connectivity index (χ4n) is 1.64. The SMILES string of the molecule is C=CCOC(=O)N(CCc1cn2cncc2s1)S(N)(=O)=O. The van der Waals surface area contributed by atoms with E-state index in [4.69, 9.17) is 9.88 Å². The van der Waals surface area contributed by atoms with Gasteiger partial charge in [-0.25, -0.2) is 14.9 Å². The Morgan fingerprint density at radius 2 is 2.38 bits per heavy atom. The lowest BCUT2D eigenvalue weighted by molar-refractivity contribution is 0.137. The Bertz CT molecular complexity index is 721. The van der Waals surface area contributed by atoms with Crippen LogP contribution in [0.2, 0.25) is 0 Å². The second-order valence-electron chi connectivity index (χ2n) is 4.07. The van der Waals surface area contributed by atoms with E-state index in [2.05, 4.69) is 11.6 Å². The van der Waals surface area contributed by atoms with Crippen LogP contribution >= 0.6 is 11.3 Å². The first kappa shape index (κ1) is 15.5. The minimum absolute atomic E-state index is 0.0839. The highest BCUT2D eigenvalue weighted by molar-refractivity contribution is 7.87. The molecule has 21 heavy (non-hydrogen) atoms. The van der Waals surface area contributed by atoms with Crippen LogP contribution in [0.25, 0.3) is 4.83 Å². The highest BCUT2D eigenvalue weighted by Crippen LogP contribution is 2.18. The molecule has 0 aliphatic rings. The molecule has 0 fully saturated rings. The maximum absolute atomic E-state index is 11.7. The number of hydrogen-bond acceptors (Lipinski definition) is 6. The molecule has 2 N–H and O–H groups in total. The summed E-state index contributed by atoms with van der Waals surface area (Å²) in [4.78, 5) is 17.5. The van der Waals surface area contributed by atoms with Crippen molar-refractivity contribution >= 4 is 32.5 Å². The Kier molecular flexibility index (Phi) is 4.60. The van der Waals surface area contributed by atoms with Crippen molar-refractivity contribution < 1.29 is 17.9 Å². The van der Waals surface area contributed by atoms with Gasteiger partial charge in [0.1, 0.15) is 11.4 Å². The van der Waals surface area contributed by atoms with E-state index in [1.165, 1.54) is 17.4 Å². The van der Waals surface area contributed by atoms with Crippen LogP contribution in [0.4, 0.5) is 4.79 Å². The van der Waals surface area contributed by atoms with Crippen LogP contribution in [0.1, 0.15) is 4.88 Å². The van der Waals surface area contributed by atoms with Gasteiger partial charge < -0.3 is 4.74 Å². The van der Waals surface area contributed by atoms with Gasteiger partial charge in [0.15, 0.2) is 0 Å². The van der Waals surface area contributed by atoms with Crippen LogP contribution in [-0.4, -0.2) is 41.4 Å². The Balaban J connectivity index is 2.06. The van der Waals surface area contributed by atoms with Gasteiger partial charge in [0.2, 0.25) is 0 Å². The smallest absolute Gasteiger partial charge is 0.424 e. The fraction of sp³-hybridized carbons (Fsp3) is 0.273. The normalized spacial score (nSPS) is 11.5. The van der Waals surface area contributed by atoms with E-state index in [0.29, 0.717) is 10.7 Å². The fourth-order valence-corrected chi connectivity index (χ4v) is 3.19. The molecule has 0 saturated heterocycles. The quantitative estimate of drug-likeness (QED) is 0.787. The molecule has 2 aromatic heterocycles. The standard InChI is InChI=1S/C11H14N4O4S2/c1-2-5-19-11(16)15(21(12,17)18)4-3-9-7-14-8-13-6-10(14)20-9/h2,6-8H,1,3-5H2,(H2,12,17,18). The van der Waals surface area contributed by atoms with Crippen molar-refractivity contribution in [3.63, 3.8) is 0 Å². The largest absolute Gasteiger partial charge is 0.444 e. The summed E-state index contributed by atoms with van der Waals surface area (Å²) in [6.07, 6.45) is 5.83.